The van der Waals surface area contributed by atoms with E-state index in [1.165, 1.54) is 61.5 Å². The first kappa shape index (κ1) is 22.6. The molecule has 3 rings (SSSR count). The lowest BCUT2D eigenvalue weighted by Crippen LogP contribution is -2.23. The van der Waals surface area contributed by atoms with Gasteiger partial charge in [-0.05, 0) is 42.5 Å². The van der Waals surface area contributed by atoms with Crippen LogP contribution >= 0.6 is 23.1 Å². The van der Waals surface area contributed by atoms with Gasteiger partial charge < -0.3 is 5.32 Å². The van der Waals surface area contributed by atoms with Crippen molar-refractivity contribution in [3.05, 3.63) is 71.5 Å². The number of anilines is 3. The molecule has 160 valence electrons. The largest absolute Gasteiger partial charge is 0.323 e. The Morgan fingerprint density at radius 3 is 2.52 bits per heavy atom. The van der Waals surface area contributed by atoms with Gasteiger partial charge >= 0.3 is 0 Å². The van der Waals surface area contributed by atoms with E-state index in [2.05, 4.69) is 10.3 Å². The SMILES string of the molecule is CC(=O)N(c1nc(/C=C/C(=O)Nc2ccc(SC(F)F)cc2)cs1)c1ccccc1F. The summed E-state index contributed by atoms with van der Waals surface area (Å²) in [6, 6.07) is 11.9. The number of benzene rings is 2. The van der Waals surface area contributed by atoms with Gasteiger partial charge in [-0.1, -0.05) is 23.9 Å². The molecule has 0 atom stereocenters. The molecule has 1 heterocycles. The lowest BCUT2D eigenvalue weighted by molar-refractivity contribution is -0.116. The number of aromatic nitrogens is 1. The average Bonchev–Trinajstić information content (AvgIpc) is 3.17. The number of hydrogen-bond acceptors (Lipinski definition) is 5. The zero-order valence-electron chi connectivity index (χ0n) is 16.1. The Balaban J connectivity index is 1.67. The highest BCUT2D eigenvalue weighted by molar-refractivity contribution is 7.99. The van der Waals surface area contributed by atoms with Crippen molar-refractivity contribution < 1.29 is 22.8 Å². The van der Waals surface area contributed by atoms with Crippen molar-refractivity contribution in [2.24, 2.45) is 0 Å². The second-order valence-electron chi connectivity index (χ2n) is 6.09. The first-order valence-corrected chi connectivity index (χ1v) is 10.6. The van der Waals surface area contributed by atoms with E-state index in [1.807, 2.05) is 0 Å². The van der Waals surface area contributed by atoms with Gasteiger partial charge in [-0.3, -0.25) is 14.5 Å². The molecule has 2 amide bonds. The van der Waals surface area contributed by atoms with Crippen LogP contribution < -0.4 is 10.2 Å². The number of thiazole rings is 1. The Bertz CT molecular complexity index is 1100. The van der Waals surface area contributed by atoms with Crippen LogP contribution in [0.4, 0.5) is 29.7 Å². The molecule has 0 aliphatic carbocycles. The van der Waals surface area contributed by atoms with Crippen molar-refractivity contribution in [3.63, 3.8) is 0 Å². The van der Waals surface area contributed by atoms with Crippen LogP contribution in [0.2, 0.25) is 0 Å². The summed E-state index contributed by atoms with van der Waals surface area (Å²) < 4.78 is 38.8. The van der Waals surface area contributed by atoms with Gasteiger partial charge in [0, 0.05) is 29.0 Å². The van der Waals surface area contributed by atoms with Gasteiger partial charge in [0.15, 0.2) is 5.13 Å². The van der Waals surface area contributed by atoms with Gasteiger partial charge in [0.05, 0.1) is 11.4 Å². The van der Waals surface area contributed by atoms with Gasteiger partial charge in [-0.15, -0.1) is 11.3 Å². The third-order valence-corrected chi connectivity index (χ3v) is 5.43. The molecule has 0 saturated carbocycles. The first-order valence-electron chi connectivity index (χ1n) is 8.88. The van der Waals surface area contributed by atoms with Crippen LogP contribution in [0.3, 0.4) is 0 Å². The van der Waals surface area contributed by atoms with Gasteiger partial charge in [-0.2, -0.15) is 8.78 Å². The molecule has 1 N–H and O–H groups in total. The third kappa shape index (κ3) is 6.19. The topological polar surface area (TPSA) is 62.3 Å². The van der Waals surface area contributed by atoms with Gasteiger partial charge in [0.25, 0.3) is 5.76 Å². The lowest BCUT2D eigenvalue weighted by Gasteiger charge is -2.18. The molecule has 0 unspecified atom stereocenters. The molecule has 0 fully saturated rings. The molecule has 5 nitrogen and oxygen atoms in total. The molecular weight excluding hydrogens is 447 g/mol. The zero-order valence-corrected chi connectivity index (χ0v) is 17.7. The fourth-order valence-electron chi connectivity index (χ4n) is 2.56. The van der Waals surface area contributed by atoms with E-state index in [-0.39, 0.29) is 10.8 Å². The predicted octanol–water partition coefficient (Wildman–Crippen LogP) is 5.93. The number of para-hydroxylation sites is 1. The van der Waals surface area contributed by atoms with Crippen LogP contribution in [-0.4, -0.2) is 22.6 Å². The van der Waals surface area contributed by atoms with E-state index in [9.17, 15) is 22.8 Å². The molecule has 3 aromatic rings. The summed E-state index contributed by atoms with van der Waals surface area (Å²) in [4.78, 5) is 30.0. The van der Waals surface area contributed by atoms with Crippen molar-refractivity contribution in [3.8, 4) is 0 Å². The number of alkyl halides is 2. The maximum Gasteiger partial charge on any atom is 0.288 e. The fourth-order valence-corrected chi connectivity index (χ4v) is 3.91. The van der Waals surface area contributed by atoms with Crippen molar-refractivity contribution in [1.29, 1.82) is 0 Å². The molecule has 0 aliphatic rings. The molecule has 10 heteroatoms. The zero-order chi connectivity index (χ0) is 22.4. The van der Waals surface area contributed by atoms with Crippen LogP contribution in [0.15, 0.2) is 64.9 Å². The van der Waals surface area contributed by atoms with Crippen LogP contribution in [0.1, 0.15) is 12.6 Å². The van der Waals surface area contributed by atoms with Gasteiger partial charge in [0.2, 0.25) is 11.8 Å². The molecule has 1 aromatic heterocycles. The molecule has 0 saturated heterocycles. The maximum atomic E-state index is 14.1. The van der Waals surface area contributed by atoms with Gasteiger partial charge in [-0.25, -0.2) is 9.37 Å². The third-order valence-electron chi connectivity index (χ3n) is 3.86. The number of amides is 2. The standard InChI is InChI=1S/C21H16F3N3O2S2/c1-13(28)27(18-5-3-2-4-17(18)22)21-26-15(12-30-21)8-11-19(29)25-14-6-9-16(10-7-14)31-20(23)24/h2-12,20H,1H3,(H,25,29)/b11-8+. The number of rotatable bonds is 7. The second-order valence-corrected chi connectivity index (χ2v) is 7.99. The normalized spacial score (nSPS) is 11.1. The smallest absolute Gasteiger partial charge is 0.288 e. The summed E-state index contributed by atoms with van der Waals surface area (Å²) in [6.07, 6.45) is 2.71. The van der Waals surface area contributed by atoms with E-state index >= 15 is 0 Å². The maximum absolute atomic E-state index is 14.1. The van der Waals surface area contributed by atoms with Gasteiger partial charge in [0.1, 0.15) is 5.82 Å². The monoisotopic (exact) mass is 463 g/mol. The fraction of sp³-hybridized carbons (Fsp3) is 0.0952. The number of nitrogens with one attached hydrogen (secondary N) is 1. The highest BCUT2D eigenvalue weighted by Gasteiger charge is 2.20. The number of hydrogen-bond donors (Lipinski definition) is 1. The van der Waals surface area contributed by atoms with Crippen LogP contribution in [-0.2, 0) is 9.59 Å². The number of carbonyl (C=O) groups excluding carboxylic acids is 2. The Morgan fingerprint density at radius 1 is 1.16 bits per heavy atom. The van der Waals surface area contributed by atoms with Crippen LogP contribution in [0.25, 0.3) is 6.08 Å². The Hall–Kier alpha value is -3.11. The van der Waals surface area contributed by atoms with E-state index in [0.717, 1.165) is 16.2 Å². The molecule has 2 aromatic carbocycles. The van der Waals surface area contributed by atoms with Crippen molar-refractivity contribution >= 4 is 57.5 Å². The van der Waals surface area contributed by atoms with E-state index in [1.54, 1.807) is 11.4 Å². The minimum Gasteiger partial charge on any atom is -0.323 e. The van der Waals surface area contributed by atoms with E-state index in [4.69, 9.17) is 0 Å². The van der Waals surface area contributed by atoms with Crippen molar-refractivity contribution in [2.75, 3.05) is 10.2 Å². The summed E-state index contributed by atoms with van der Waals surface area (Å²) in [7, 11) is 0. The number of halogens is 3. The highest BCUT2D eigenvalue weighted by Crippen LogP contribution is 2.31. The lowest BCUT2D eigenvalue weighted by atomic mass is 10.3. The summed E-state index contributed by atoms with van der Waals surface area (Å²) in [5.41, 5.74) is 0.960. The molecule has 31 heavy (non-hydrogen) atoms. The second kappa shape index (κ2) is 10.3. The molecule has 0 bridgehead atoms. The van der Waals surface area contributed by atoms with E-state index < -0.39 is 23.4 Å². The van der Waals surface area contributed by atoms with Crippen molar-refractivity contribution in [2.45, 2.75) is 17.6 Å². The summed E-state index contributed by atoms with van der Waals surface area (Å²) in [5.74, 6) is -3.91. The summed E-state index contributed by atoms with van der Waals surface area (Å²) >= 11 is 1.55. The van der Waals surface area contributed by atoms with Crippen LogP contribution in [0, 0.1) is 5.82 Å². The molecule has 0 aliphatic heterocycles. The minimum absolute atomic E-state index is 0.0890. The summed E-state index contributed by atoms with van der Waals surface area (Å²) in [5, 5.41) is 4.51. The van der Waals surface area contributed by atoms with Crippen molar-refractivity contribution in [1.82, 2.24) is 4.98 Å². The number of thioether (sulfide) groups is 1. The molecule has 0 radical (unpaired) electrons. The minimum atomic E-state index is -2.51. The van der Waals surface area contributed by atoms with E-state index in [0.29, 0.717) is 28.0 Å². The number of nitrogens with zero attached hydrogens (tertiary/aromatic N) is 2. The highest BCUT2D eigenvalue weighted by atomic mass is 32.2. The van der Waals surface area contributed by atoms with Crippen LogP contribution in [0.5, 0.6) is 0 Å². The quantitative estimate of drug-likeness (QED) is 0.348. The Morgan fingerprint density at radius 2 is 1.87 bits per heavy atom. The Labute approximate surface area is 184 Å². The molecular formula is C21H16F3N3O2S2. The predicted molar refractivity (Wildman–Crippen MR) is 117 cm³/mol. The first-order chi connectivity index (χ1) is 14.8. The molecule has 0 spiro atoms. The Kier molecular flexibility index (Phi) is 7.48. The average molecular weight is 464 g/mol. The summed E-state index contributed by atoms with van der Waals surface area (Å²) in [6.45, 7) is 1.31. The number of carbonyl (C=O) groups is 2.